The fourth-order valence-electron chi connectivity index (χ4n) is 6.65. The molecule has 0 radical (unpaired) electrons. The number of fused-ring (bicyclic) bond motifs is 9. The minimum atomic E-state index is -0.377. The molecule has 7 unspecified atom stereocenters. The first kappa shape index (κ1) is 19.6. The van der Waals surface area contributed by atoms with Gasteiger partial charge in [-0.25, -0.2) is 4.39 Å². The van der Waals surface area contributed by atoms with E-state index >= 15 is 0 Å². The summed E-state index contributed by atoms with van der Waals surface area (Å²) in [4.78, 5) is 34.4. The molecule has 9 heteroatoms. The topological polar surface area (TPSA) is 53.2 Å². The fourth-order valence-corrected chi connectivity index (χ4v) is 10.9. The molecule has 4 nitrogen and oxygen atoms in total. The van der Waals surface area contributed by atoms with Gasteiger partial charge in [0.15, 0.2) is 3.95 Å². The number of hydrogen-bond donors (Lipinski definition) is 1. The number of aromatic amines is 1. The van der Waals surface area contributed by atoms with Crippen LogP contribution in [0.25, 0.3) is 0 Å². The first-order valence-corrected chi connectivity index (χ1v) is 13.6. The van der Waals surface area contributed by atoms with Crippen LogP contribution in [0.15, 0.2) is 46.8 Å². The minimum absolute atomic E-state index is 0.111. The van der Waals surface area contributed by atoms with Gasteiger partial charge in [-0.2, -0.15) is 0 Å². The Hall–Kier alpha value is -1.81. The highest BCUT2D eigenvalue weighted by Gasteiger charge is 2.69. The number of imide groups is 1. The van der Waals surface area contributed by atoms with Gasteiger partial charge < -0.3 is 4.98 Å². The van der Waals surface area contributed by atoms with E-state index in [2.05, 4.69) is 22.5 Å². The highest BCUT2D eigenvalue weighted by atomic mass is 32.2. The maximum absolute atomic E-state index is 13.6. The number of carbonyl (C=O) groups is 2. The SMILES string of the molecule is O=C1C2C3CC(C2C(=O)N1c1ccc(F)cc1)C1C(c2cccs2)c2sc(=S)[nH]c2SC31. The Morgan fingerprint density at radius 1 is 1.06 bits per heavy atom. The van der Waals surface area contributed by atoms with E-state index in [1.54, 1.807) is 22.7 Å². The van der Waals surface area contributed by atoms with Crippen molar-refractivity contribution in [2.75, 3.05) is 4.90 Å². The quantitative estimate of drug-likeness (QED) is 0.363. The number of carbonyl (C=O) groups excluding carboxylic acids is 2. The van der Waals surface area contributed by atoms with Crippen molar-refractivity contribution in [1.29, 1.82) is 0 Å². The summed E-state index contributed by atoms with van der Waals surface area (Å²) in [5, 5.41) is 3.52. The lowest BCUT2D eigenvalue weighted by molar-refractivity contribution is -0.123. The first-order valence-electron chi connectivity index (χ1n) is 10.6. The molecule has 3 aromatic rings. The molecule has 1 saturated heterocycles. The van der Waals surface area contributed by atoms with Gasteiger partial charge in [-0.15, -0.1) is 34.4 Å². The average Bonchev–Trinajstić information content (AvgIpc) is 3.57. The van der Waals surface area contributed by atoms with Crippen LogP contribution >= 0.6 is 46.7 Å². The number of H-pyrrole nitrogens is 1. The second-order valence-electron chi connectivity index (χ2n) is 8.96. The van der Waals surface area contributed by atoms with Crippen LogP contribution in [0.5, 0.6) is 0 Å². The Kier molecular flexibility index (Phi) is 4.20. The molecule has 2 aliphatic carbocycles. The van der Waals surface area contributed by atoms with Gasteiger partial charge in [0.25, 0.3) is 0 Å². The van der Waals surface area contributed by atoms with E-state index < -0.39 is 0 Å². The Morgan fingerprint density at radius 3 is 2.53 bits per heavy atom. The number of halogens is 1. The molecular formula is C23H17FN2O2S4. The third-order valence-corrected chi connectivity index (χ3v) is 11.6. The average molecular weight is 501 g/mol. The molecule has 2 saturated carbocycles. The zero-order valence-electron chi connectivity index (χ0n) is 16.6. The third kappa shape index (κ3) is 2.51. The molecule has 2 aromatic heterocycles. The van der Waals surface area contributed by atoms with Crippen LogP contribution in [0.4, 0.5) is 10.1 Å². The summed E-state index contributed by atoms with van der Waals surface area (Å²) in [7, 11) is 0. The van der Waals surface area contributed by atoms with Crippen LogP contribution in [0, 0.1) is 39.4 Å². The molecule has 7 atom stereocenters. The van der Waals surface area contributed by atoms with E-state index in [0.717, 1.165) is 15.4 Å². The normalized spacial score (nSPS) is 34.7. The van der Waals surface area contributed by atoms with Gasteiger partial charge in [-0.05, 0) is 72.1 Å². The van der Waals surface area contributed by atoms with Gasteiger partial charge in [-0.3, -0.25) is 14.5 Å². The Balaban J connectivity index is 1.32. The van der Waals surface area contributed by atoms with E-state index in [9.17, 15) is 14.0 Å². The molecular weight excluding hydrogens is 484 g/mol. The summed E-state index contributed by atoms with van der Waals surface area (Å²) >= 11 is 10.7. The number of benzene rings is 1. The Bertz CT molecular complexity index is 1310. The van der Waals surface area contributed by atoms with Crippen LogP contribution < -0.4 is 4.90 Å². The van der Waals surface area contributed by atoms with Crippen LogP contribution in [0.3, 0.4) is 0 Å². The molecule has 1 N–H and O–H groups in total. The summed E-state index contributed by atoms with van der Waals surface area (Å²) in [6, 6.07) is 9.94. The van der Waals surface area contributed by atoms with Gasteiger partial charge in [0.05, 0.1) is 22.5 Å². The number of hydrogen-bond acceptors (Lipinski definition) is 6. The number of anilines is 1. The number of aromatic nitrogens is 1. The molecule has 4 heterocycles. The van der Waals surface area contributed by atoms with Gasteiger partial charge in [0.1, 0.15) is 5.82 Å². The molecule has 2 bridgehead atoms. The smallest absolute Gasteiger partial charge is 0.238 e. The summed E-state index contributed by atoms with van der Waals surface area (Å²) < 4.78 is 14.2. The number of thiophene rings is 1. The predicted molar refractivity (Wildman–Crippen MR) is 126 cm³/mol. The van der Waals surface area contributed by atoms with Crippen LogP contribution in [0.2, 0.25) is 0 Å². The van der Waals surface area contributed by atoms with E-state index in [4.69, 9.17) is 12.2 Å². The number of rotatable bonds is 2. The third-order valence-electron chi connectivity index (χ3n) is 7.66. The van der Waals surface area contributed by atoms with Crippen molar-refractivity contribution >= 4 is 64.2 Å². The molecule has 1 aromatic carbocycles. The van der Waals surface area contributed by atoms with Crippen molar-refractivity contribution in [2.45, 2.75) is 22.6 Å². The number of nitrogens with one attached hydrogen (secondary N) is 1. The fraction of sp³-hybridized carbons (Fsp3) is 0.348. The molecule has 162 valence electrons. The number of amides is 2. The molecule has 2 aliphatic heterocycles. The number of nitrogens with zero attached hydrogens (tertiary/aromatic N) is 1. The molecule has 3 fully saturated rings. The Labute approximate surface area is 200 Å². The van der Waals surface area contributed by atoms with Gasteiger partial charge in [0.2, 0.25) is 11.8 Å². The van der Waals surface area contributed by atoms with Crippen molar-refractivity contribution in [3.63, 3.8) is 0 Å². The van der Waals surface area contributed by atoms with Crippen molar-refractivity contribution in [3.8, 4) is 0 Å². The standard InChI is InChI=1S/C23H17FN2O2S4/c24-9-3-5-10(6-4-9)26-21(27)15-11-8-12(16(15)22(26)28)18-14(11)17(13-2-1-7-30-13)19-20(31-18)25-23(29)32-19/h1-7,11-12,14-18H,8H2,(H,25,29). The van der Waals surface area contributed by atoms with Crippen LogP contribution in [0.1, 0.15) is 22.1 Å². The van der Waals surface area contributed by atoms with Crippen molar-refractivity contribution in [1.82, 2.24) is 4.98 Å². The lowest BCUT2D eigenvalue weighted by atomic mass is 9.69. The predicted octanol–water partition coefficient (Wildman–Crippen LogP) is 5.68. The number of thioether (sulfide) groups is 1. The van der Waals surface area contributed by atoms with E-state index in [1.165, 1.54) is 38.9 Å². The van der Waals surface area contributed by atoms with Crippen LogP contribution in [-0.4, -0.2) is 22.0 Å². The number of thiazole rings is 1. The van der Waals surface area contributed by atoms with E-state index in [1.807, 2.05) is 11.8 Å². The zero-order valence-corrected chi connectivity index (χ0v) is 19.8. The molecule has 4 aliphatic rings. The minimum Gasteiger partial charge on any atom is -0.332 e. The van der Waals surface area contributed by atoms with Crippen molar-refractivity contribution < 1.29 is 14.0 Å². The summed E-state index contributed by atoms with van der Waals surface area (Å²) in [5.41, 5.74) is 0.476. The van der Waals surface area contributed by atoms with Crippen molar-refractivity contribution in [3.05, 3.63) is 61.3 Å². The lowest BCUT2D eigenvalue weighted by Gasteiger charge is -2.42. The van der Waals surface area contributed by atoms with Crippen LogP contribution in [-0.2, 0) is 9.59 Å². The first-order chi connectivity index (χ1) is 15.5. The van der Waals surface area contributed by atoms with Crippen molar-refractivity contribution in [2.24, 2.45) is 29.6 Å². The molecule has 32 heavy (non-hydrogen) atoms. The molecule has 0 spiro atoms. The largest absolute Gasteiger partial charge is 0.332 e. The second kappa shape index (κ2) is 6.85. The molecule has 7 rings (SSSR count). The Morgan fingerprint density at radius 2 is 1.81 bits per heavy atom. The van der Waals surface area contributed by atoms with Gasteiger partial charge >= 0.3 is 0 Å². The maximum Gasteiger partial charge on any atom is 0.238 e. The van der Waals surface area contributed by atoms with Gasteiger partial charge in [0, 0.05) is 20.9 Å². The zero-order chi connectivity index (χ0) is 21.7. The highest BCUT2D eigenvalue weighted by molar-refractivity contribution is 8.00. The summed E-state index contributed by atoms with van der Waals surface area (Å²) in [6.07, 6.45) is 0.921. The monoisotopic (exact) mass is 500 g/mol. The summed E-state index contributed by atoms with van der Waals surface area (Å²) in [6.45, 7) is 0. The highest BCUT2D eigenvalue weighted by Crippen LogP contribution is 2.69. The summed E-state index contributed by atoms with van der Waals surface area (Å²) in [5.74, 6) is -0.308. The van der Waals surface area contributed by atoms with Gasteiger partial charge in [-0.1, -0.05) is 6.07 Å². The van der Waals surface area contributed by atoms with E-state index in [0.29, 0.717) is 11.6 Å². The van der Waals surface area contributed by atoms with E-state index in [-0.39, 0.29) is 52.5 Å². The second-order valence-corrected chi connectivity index (χ2v) is 12.9. The maximum atomic E-state index is 13.6. The lowest BCUT2D eigenvalue weighted by Crippen LogP contribution is -2.42. The molecule has 2 amide bonds.